The fraction of sp³-hybridized carbons (Fsp3) is 0.318. The van der Waals surface area contributed by atoms with Crippen LogP contribution in [0.15, 0.2) is 35.8 Å². The van der Waals surface area contributed by atoms with Gasteiger partial charge in [-0.15, -0.1) is 16.4 Å². The molecule has 0 radical (unpaired) electrons. The minimum absolute atomic E-state index is 0.147. The highest BCUT2D eigenvalue weighted by Gasteiger charge is 2.27. The maximum Gasteiger partial charge on any atom is 0.277 e. The Morgan fingerprint density at radius 3 is 2.81 bits per heavy atom. The first-order valence-electron chi connectivity index (χ1n) is 10.6. The molecule has 3 N–H and O–H groups in total. The maximum absolute atomic E-state index is 12.9. The first kappa shape index (κ1) is 20.4. The molecule has 9 nitrogen and oxygen atoms in total. The van der Waals surface area contributed by atoms with Crippen molar-refractivity contribution >= 4 is 40.0 Å². The van der Waals surface area contributed by atoms with Crippen molar-refractivity contribution in [3.63, 3.8) is 0 Å². The lowest BCUT2D eigenvalue weighted by Gasteiger charge is -2.31. The molecule has 164 valence electrons. The lowest BCUT2D eigenvalue weighted by atomic mass is 9.97. The van der Waals surface area contributed by atoms with Gasteiger partial charge in [0.05, 0.1) is 11.4 Å². The SMILES string of the molecule is Cc1nc(NC(=O)c2csc(C3CCN(C(=O)Cc4c[nH]c5ccccc45)CC3)n2)n[nH]1. The Morgan fingerprint density at radius 2 is 2.03 bits per heavy atom. The number of hydrogen-bond donors (Lipinski definition) is 3. The van der Waals surface area contributed by atoms with Crippen LogP contribution < -0.4 is 5.32 Å². The molecule has 0 aliphatic carbocycles. The van der Waals surface area contributed by atoms with Crippen molar-refractivity contribution in [2.75, 3.05) is 18.4 Å². The molecule has 4 heterocycles. The average molecular weight is 450 g/mol. The Labute approximate surface area is 188 Å². The Hall–Kier alpha value is -3.53. The zero-order chi connectivity index (χ0) is 22.1. The van der Waals surface area contributed by atoms with E-state index in [1.165, 1.54) is 11.3 Å². The molecule has 2 amide bonds. The van der Waals surface area contributed by atoms with Gasteiger partial charge in [-0.25, -0.2) is 4.98 Å². The molecule has 0 unspecified atom stereocenters. The Balaban J connectivity index is 1.17. The molecular formula is C22H23N7O2S. The van der Waals surface area contributed by atoms with Crippen LogP contribution in [0.2, 0.25) is 0 Å². The summed E-state index contributed by atoms with van der Waals surface area (Å²) < 4.78 is 0. The van der Waals surface area contributed by atoms with Crippen LogP contribution >= 0.6 is 11.3 Å². The van der Waals surface area contributed by atoms with E-state index >= 15 is 0 Å². The molecule has 32 heavy (non-hydrogen) atoms. The second-order valence-electron chi connectivity index (χ2n) is 7.96. The second kappa shape index (κ2) is 8.54. The third-order valence-electron chi connectivity index (χ3n) is 5.79. The van der Waals surface area contributed by atoms with Gasteiger partial charge in [-0.1, -0.05) is 18.2 Å². The third-order valence-corrected chi connectivity index (χ3v) is 6.80. The average Bonchev–Trinajstić information content (AvgIpc) is 3.54. The molecule has 1 saturated heterocycles. The molecule has 10 heteroatoms. The third kappa shape index (κ3) is 4.13. The predicted molar refractivity (Wildman–Crippen MR) is 122 cm³/mol. The van der Waals surface area contributed by atoms with E-state index in [2.05, 4.69) is 30.5 Å². The van der Waals surface area contributed by atoms with E-state index in [-0.39, 0.29) is 23.7 Å². The molecule has 3 aromatic heterocycles. The van der Waals surface area contributed by atoms with Crippen molar-refractivity contribution in [3.8, 4) is 0 Å². The summed E-state index contributed by atoms with van der Waals surface area (Å²) in [7, 11) is 0. The minimum atomic E-state index is -0.321. The topological polar surface area (TPSA) is 120 Å². The summed E-state index contributed by atoms with van der Waals surface area (Å²) in [5, 5.41) is 13.1. The number of carbonyl (C=O) groups is 2. The normalized spacial score (nSPS) is 14.7. The number of anilines is 1. The zero-order valence-corrected chi connectivity index (χ0v) is 18.4. The number of para-hydroxylation sites is 1. The maximum atomic E-state index is 12.9. The van der Waals surface area contributed by atoms with Crippen molar-refractivity contribution in [3.05, 3.63) is 57.9 Å². The van der Waals surface area contributed by atoms with E-state index in [0.717, 1.165) is 34.3 Å². The van der Waals surface area contributed by atoms with Crippen LogP contribution in [-0.2, 0) is 11.2 Å². The number of H-pyrrole nitrogens is 2. The molecule has 0 bridgehead atoms. The Bertz CT molecular complexity index is 1270. The summed E-state index contributed by atoms with van der Waals surface area (Å²) in [6, 6.07) is 8.03. The predicted octanol–water partition coefficient (Wildman–Crippen LogP) is 3.25. The zero-order valence-electron chi connectivity index (χ0n) is 17.6. The highest BCUT2D eigenvalue weighted by atomic mass is 32.1. The summed E-state index contributed by atoms with van der Waals surface area (Å²) in [4.78, 5) is 39.0. The number of carbonyl (C=O) groups excluding carboxylic acids is 2. The Kier molecular flexibility index (Phi) is 5.44. The number of rotatable bonds is 5. The van der Waals surface area contributed by atoms with Crippen molar-refractivity contribution < 1.29 is 9.59 Å². The van der Waals surface area contributed by atoms with Crippen LogP contribution in [-0.4, -0.2) is 55.0 Å². The van der Waals surface area contributed by atoms with Crippen molar-refractivity contribution in [1.29, 1.82) is 0 Å². The number of thiazole rings is 1. The number of benzene rings is 1. The molecule has 1 aliphatic heterocycles. The van der Waals surface area contributed by atoms with Crippen LogP contribution in [0, 0.1) is 6.92 Å². The Morgan fingerprint density at radius 1 is 1.22 bits per heavy atom. The van der Waals surface area contributed by atoms with E-state index < -0.39 is 0 Å². The first-order valence-corrected chi connectivity index (χ1v) is 11.4. The summed E-state index contributed by atoms with van der Waals surface area (Å²) in [6.07, 6.45) is 4.01. The lowest BCUT2D eigenvalue weighted by molar-refractivity contribution is -0.131. The minimum Gasteiger partial charge on any atom is -0.361 e. The van der Waals surface area contributed by atoms with Gasteiger partial charge in [0.25, 0.3) is 5.91 Å². The summed E-state index contributed by atoms with van der Waals surface area (Å²) in [5.74, 6) is 0.950. The number of piperidine rings is 1. The fourth-order valence-corrected chi connectivity index (χ4v) is 5.04. The van der Waals surface area contributed by atoms with Crippen LogP contribution in [0.5, 0.6) is 0 Å². The van der Waals surface area contributed by atoms with E-state index in [1.807, 2.05) is 35.4 Å². The fourth-order valence-electron chi connectivity index (χ4n) is 4.07. The highest BCUT2D eigenvalue weighted by Crippen LogP contribution is 2.31. The van der Waals surface area contributed by atoms with Gasteiger partial charge in [-0.2, -0.15) is 4.98 Å². The molecule has 1 aromatic carbocycles. The van der Waals surface area contributed by atoms with Crippen molar-refractivity contribution in [2.24, 2.45) is 0 Å². The van der Waals surface area contributed by atoms with Crippen LogP contribution in [0.1, 0.15) is 45.6 Å². The number of aromatic nitrogens is 5. The largest absolute Gasteiger partial charge is 0.361 e. The first-order chi connectivity index (χ1) is 15.6. The van der Waals surface area contributed by atoms with E-state index in [0.29, 0.717) is 31.0 Å². The van der Waals surface area contributed by atoms with E-state index in [1.54, 1.807) is 12.3 Å². The van der Waals surface area contributed by atoms with Gasteiger partial charge in [0.1, 0.15) is 11.5 Å². The monoisotopic (exact) mass is 449 g/mol. The van der Waals surface area contributed by atoms with Crippen molar-refractivity contribution in [1.82, 2.24) is 30.0 Å². The second-order valence-corrected chi connectivity index (χ2v) is 8.85. The number of aryl methyl sites for hydroxylation is 1. The van der Waals surface area contributed by atoms with Gasteiger partial charge in [-0.05, 0) is 31.4 Å². The number of hydrogen-bond acceptors (Lipinski definition) is 6. The molecule has 4 aromatic rings. The highest BCUT2D eigenvalue weighted by molar-refractivity contribution is 7.10. The number of aromatic amines is 2. The van der Waals surface area contributed by atoms with E-state index in [4.69, 9.17) is 0 Å². The number of likely N-dealkylation sites (tertiary alicyclic amines) is 1. The standard InChI is InChI=1S/C22H23N7O2S/c1-13-24-22(28-27-13)26-20(31)18-12-32-21(25-18)14-6-8-29(9-7-14)19(30)10-15-11-23-17-5-3-2-4-16(15)17/h2-5,11-12,14,23H,6-10H2,1H3,(H2,24,26,27,28,31). The van der Waals surface area contributed by atoms with Gasteiger partial charge >= 0.3 is 0 Å². The summed E-state index contributed by atoms with van der Waals surface area (Å²) in [6.45, 7) is 3.16. The quantitative estimate of drug-likeness (QED) is 0.432. The van der Waals surface area contributed by atoms with Crippen LogP contribution in [0.4, 0.5) is 5.95 Å². The number of fused-ring (bicyclic) bond motifs is 1. The number of nitrogens with one attached hydrogen (secondary N) is 3. The number of amides is 2. The summed E-state index contributed by atoms with van der Waals surface area (Å²) in [5.41, 5.74) is 2.45. The lowest BCUT2D eigenvalue weighted by Crippen LogP contribution is -2.38. The molecule has 0 saturated carbocycles. The molecule has 0 spiro atoms. The van der Waals surface area contributed by atoms with E-state index in [9.17, 15) is 9.59 Å². The summed E-state index contributed by atoms with van der Waals surface area (Å²) >= 11 is 1.49. The van der Waals surface area contributed by atoms with Gasteiger partial charge in [0, 0.05) is 41.5 Å². The van der Waals surface area contributed by atoms with Crippen molar-refractivity contribution in [2.45, 2.75) is 32.1 Å². The van der Waals surface area contributed by atoms with Gasteiger partial charge in [0.15, 0.2) is 0 Å². The van der Waals surface area contributed by atoms with Crippen LogP contribution in [0.25, 0.3) is 10.9 Å². The van der Waals surface area contributed by atoms with Gasteiger partial charge in [0.2, 0.25) is 11.9 Å². The molecular weight excluding hydrogens is 426 g/mol. The molecule has 5 rings (SSSR count). The molecule has 1 fully saturated rings. The molecule has 0 atom stereocenters. The smallest absolute Gasteiger partial charge is 0.277 e. The molecule has 1 aliphatic rings. The number of nitrogens with zero attached hydrogens (tertiary/aromatic N) is 4. The van der Waals surface area contributed by atoms with Gasteiger partial charge in [-0.3, -0.25) is 20.0 Å². The van der Waals surface area contributed by atoms with Gasteiger partial charge < -0.3 is 9.88 Å². The van der Waals surface area contributed by atoms with Crippen LogP contribution in [0.3, 0.4) is 0 Å².